The van der Waals surface area contributed by atoms with E-state index in [1.165, 1.54) is 0 Å². The molecule has 0 spiro atoms. The zero-order chi connectivity index (χ0) is 15.0. The van der Waals surface area contributed by atoms with Crippen molar-refractivity contribution < 1.29 is 19.2 Å². The van der Waals surface area contributed by atoms with Crippen LogP contribution in [0.15, 0.2) is 35.3 Å². The fourth-order valence-electron chi connectivity index (χ4n) is 1.48. The van der Waals surface area contributed by atoms with Crippen LogP contribution in [0.25, 0.3) is 5.88 Å². The Morgan fingerprint density at radius 2 is 2.00 bits per heavy atom. The van der Waals surface area contributed by atoms with Crippen LogP contribution in [0.4, 0.5) is 0 Å². The maximum atomic E-state index is 10.1. The predicted octanol–water partition coefficient (Wildman–Crippen LogP) is 0.719. The minimum Gasteiger partial charge on any atom is -0.448 e. The summed E-state index contributed by atoms with van der Waals surface area (Å²) in [6.07, 6.45) is 4.96. The molecule has 6 nitrogen and oxygen atoms in total. The monoisotopic (exact) mass is 278 g/mol. The number of imidazole rings is 1. The van der Waals surface area contributed by atoms with E-state index >= 15 is 0 Å². The minimum atomic E-state index is -1.26. The first-order valence-electron chi connectivity index (χ1n) is 6.37. The Hall–Kier alpha value is -1.57. The van der Waals surface area contributed by atoms with Crippen molar-refractivity contribution in [2.75, 3.05) is 0 Å². The van der Waals surface area contributed by atoms with E-state index in [4.69, 9.17) is 9.07 Å². The van der Waals surface area contributed by atoms with Gasteiger partial charge in [0.05, 0.1) is 11.2 Å². The predicted molar refractivity (Wildman–Crippen MR) is 74.9 cm³/mol. The van der Waals surface area contributed by atoms with Crippen molar-refractivity contribution in [3.8, 4) is 5.88 Å². The van der Waals surface area contributed by atoms with Gasteiger partial charge in [-0.25, -0.2) is 4.98 Å². The Morgan fingerprint density at radius 3 is 2.55 bits per heavy atom. The number of aliphatic hydroxyl groups is 1. The highest BCUT2D eigenvalue weighted by molar-refractivity contribution is 6.58. The van der Waals surface area contributed by atoms with Crippen LogP contribution in [-0.2, 0) is 4.65 Å². The lowest BCUT2D eigenvalue weighted by Crippen LogP contribution is -2.52. The summed E-state index contributed by atoms with van der Waals surface area (Å²) in [6, 6.07) is 3.33. The van der Waals surface area contributed by atoms with Gasteiger partial charge in [0.1, 0.15) is 12.0 Å². The molecule has 2 N–H and O–H groups in total. The number of rotatable bonds is 5. The van der Waals surface area contributed by atoms with E-state index in [0.717, 1.165) is 0 Å². The van der Waals surface area contributed by atoms with Crippen molar-refractivity contribution >= 4 is 12.8 Å². The van der Waals surface area contributed by atoms with Gasteiger partial charge >= 0.3 is 7.12 Å². The van der Waals surface area contributed by atoms with Crippen molar-refractivity contribution in [3.05, 3.63) is 30.9 Å². The number of hydrogen-bond acceptors (Lipinski definition) is 5. The van der Waals surface area contributed by atoms with Crippen molar-refractivity contribution in [2.24, 2.45) is 0 Å². The molecule has 2 aromatic heterocycles. The van der Waals surface area contributed by atoms with E-state index in [9.17, 15) is 10.1 Å². The van der Waals surface area contributed by atoms with Gasteiger partial charge in [-0.2, -0.15) is 0 Å². The Bertz CT molecular complexity index is 557. The highest BCUT2D eigenvalue weighted by Crippen LogP contribution is 2.25. The Kier molecular flexibility index (Phi) is 3.77. The quantitative estimate of drug-likeness (QED) is 0.788. The van der Waals surface area contributed by atoms with Gasteiger partial charge in [-0.3, -0.25) is 4.57 Å². The second kappa shape index (κ2) is 5.08. The Labute approximate surface area is 118 Å². The molecule has 0 aromatic carbocycles. The van der Waals surface area contributed by atoms with Crippen LogP contribution in [0.5, 0.6) is 0 Å². The molecule has 0 saturated carbocycles. The number of hydrogen-bond donors (Lipinski definition) is 2. The number of furan rings is 1. The lowest BCUT2D eigenvalue weighted by Gasteiger charge is -2.38. The van der Waals surface area contributed by atoms with Crippen LogP contribution in [0.2, 0.25) is 0 Å². The summed E-state index contributed by atoms with van der Waals surface area (Å²) in [7, 11) is -1.26. The van der Waals surface area contributed by atoms with Crippen molar-refractivity contribution in [2.45, 2.75) is 38.9 Å². The maximum Gasteiger partial charge on any atom is 0.529 e. The second-order valence-corrected chi connectivity index (χ2v) is 5.69. The summed E-state index contributed by atoms with van der Waals surface area (Å²) in [5, 5.41) is 20.1. The lowest BCUT2D eigenvalue weighted by molar-refractivity contribution is -0.0986. The molecule has 0 atom stereocenters. The summed E-state index contributed by atoms with van der Waals surface area (Å²) in [5.41, 5.74) is -1.77. The summed E-state index contributed by atoms with van der Waals surface area (Å²) >= 11 is 0. The van der Waals surface area contributed by atoms with Crippen molar-refractivity contribution in [1.29, 1.82) is 0 Å². The normalized spacial score (nSPS) is 12.7. The van der Waals surface area contributed by atoms with Crippen molar-refractivity contribution in [3.63, 3.8) is 0 Å². The molecule has 0 aliphatic heterocycles. The highest BCUT2D eigenvalue weighted by Gasteiger charge is 2.40. The van der Waals surface area contributed by atoms with Crippen LogP contribution >= 0.6 is 0 Å². The SMILES string of the molecule is CC(C)(O)C(C)(C)OB(O)c1ccc(-n2ccnc2)o1. The zero-order valence-electron chi connectivity index (χ0n) is 12.1. The van der Waals surface area contributed by atoms with Gasteiger partial charge in [-0.1, -0.05) is 0 Å². The molecule has 2 rings (SSSR count). The van der Waals surface area contributed by atoms with Gasteiger partial charge in [-0.15, -0.1) is 0 Å². The molecule has 0 fully saturated rings. The number of aromatic nitrogens is 2. The average molecular weight is 278 g/mol. The van der Waals surface area contributed by atoms with Gasteiger partial charge in [0, 0.05) is 18.5 Å². The first-order chi connectivity index (χ1) is 9.21. The van der Waals surface area contributed by atoms with E-state index in [1.54, 1.807) is 63.1 Å². The molecule has 0 aliphatic carbocycles. The first-order valence-corrected chi connectivity index (χ1v) is 6.37. The van der Waals surface area contributed by atoms with Crippen LogP contribution in [0.3, 0.4) is 0 Å². The van der Waals surface area contributed by atoms with Gasteiger partial charge in [0.25, 0.3) is 0 Å². The van der Waals surface area contributed by atoms with Crippen LogP contribution in [0, 0.1) is 0 Å². The van der Waals surface area contributed by atoms with Crippen LogP contribution < -0.4 is 5.66 Å². The van der Waals surface area contributed by atoms with E-state index in [-0.39, 0.29) is 5.66 Å². The van der Waals surface area contributed by atoms with Crippen molar-refractivity contribution in [1.82, 2.24) is 9.55 Å². The number of nitrogens with zero attached hydrogens (tertiary/aromatic N) is 2. The van der Waals surface area contributed by atoms with Crippen LogP contribution in [0.1, 0.15) is 27.7 Å². The lowest BCUT2D eigenvalue weighted by atomic mass is 9.81. The fourth-order valence-corrected chi connectivity index (χ4v) is 1.48. The second-order valence-electron chi connectivity index (χ2n) is 5.69. The van der Waals surface area contributed by atoms with Gasteiger partial charge in [0.15, 0.2) is 0 Å². The summed E-state index contributed by atoms with van der Waals surface area (Å²) in [5.74, 6) is 0.529. The average Bonchev–Trinajstić information content (AvgIpc) is 2.98. The third-order valence-corrected chi connectivity index (χ3v) is 3.49. The molecule has 0 amide bonds. The molecule has 7 heteroatoms. The van der Waals surface area contributed by atoms with Gasteiger partial charge < -0.3 is 19.2 Å². The van der Waals surface area contributed by atoms with E-state index in [0.29, 0.717) is 5.88 Å². The zero-order valence-corrected chi connectivity index (χ0v) is 12.1. The first kappa shape index (κ1) is 14.8. The fraction of sp³-hybridized carbons (Fsp3) is 0.462. The summed E-state index contributed by atoms with van der Waals surface area (Å²) in [6.45, 7) is 6.66. The molecular formula is C13H19BN2O4. The summed E-state index contributed by atoms with van der Waals surface area (Å²) < 4.78 is 12.7. The third-order valence-electron chi connectivity index (χ3n) is 3.49. The largest absolute Gasteiger partial charge is 0.529 e. The van der Waals surface area contributed by atoms with Gasteiger partial charge in [0.2, 0.25) is 5.88 Å². The van der Waals surface area contributed by atoms with E-state index < -0.39 is 18.3 Å². The molecule has 0 bridgehead atoms. The molecule has 0 aliphatic rings. The molecule has 20 heavy (non-hydrogen) atoms. The van der Waals surface area contributed by atoms with E-state index in [1.807, 2.05) is 0 Å². The minimum absolute atomic E-state index is 0.269. The molecule has 0 saturated heterocycles. The molecular weight excluding hydrogens is 259 g/mol. The topological polar surface area (TPSA) is 80.6 Å². The molecule has 2 aromatic rings. The molecule has 0 radical (unpaired) electrons. The summed E-state index contributed by atoms with van der Waals surface area (Å²) in [4.78, 5) is 3.92. The smallest absolute Gasteiger partial charge is 0.448 e. The third kappa shape index (κ3) is 2.95. The molecule has 108 valence electrons. The van der Waals surface area contributed by atoms with Crippen LogP contribution in [-0.4, -0.2) is 38.0 Å². The molecule has 2 heterocycles. The Morgan fingerprint density at radius 1 is 1.30 bits per heavy atom. The molecule has 0 unspecified atom stereocenters. The Balaban J connectivity index is 2.13. The standard InChI is InChI=1S/C13H19BN2O4/c1-12(2,17)13(3,4)20-14(18)10-5-6-11(19-10)16-8-7-15-9-16/h5-9,17-18H,1-4H3. The van der Waals surface area contributed by atoms with Gasteiger partial charge in [-0.05, 0) is 33.8 Å². The maximum absolute atomic E-state index is 10.1. The van der Waals surface area contributed by atoms with E-state index in [2.05, 4.69) is 4.98 Å². The highest BCUT2D eigenvalue weighted by atomic mass is 16.6.